The predicted octanol–water partition coefficient (Wildman–Crippen LogP) is 0.497. The Morgan fingerprint density at radius 1 is 1.60 bits per heavy atom. The monoisotopic (exact) mass is 142 g/mol. The molecule has 1 heterocycles. The molecule has 0 radical (unpaired) electrons. The number of hydrogen-bond donors (Lipinski definition) is 0. The summed E-state index contributed by atoms with van der Waals surface area (Å²) < 4.78 is 5.82. The van der Waals surface area contributed by atoms with Gasteiger partial charge in [-0.3, -0.25) is 9.09 Å². The topological polar surface area (TPSA) is 48.0 Å². The van der Waals surface area contributed by atoms with Gasteiger partial charge in [-0.15, -0.1) is 0 Å². The molecule has 0 aliphatic carbocycles. The Bertz CT molecular complexity index is 272. The first kappa shape index (κ1) is 7.05. The van der Waals surface area contributed by atoms with Crippen LogP contribution in [0, 0.1) is 0 Å². The molecule has 56 valence electrons. The fourth-order valence-electron chi connectivity index (χ4n) is 0.795. The number of rotatable bonds is 1. The first-order valence-electron chi connectivity index (χ1n) is 3.15. The molecular formula is C6H10N2O2. The van der Waals surface area contributed by atoms with Crippen LogP contribution < -0.4 is 5.76 Å². The molecule has 4 heteroatoms. The van der Waals surface area contributed by atoms with Gasteiger partial charge in [0, 0.05) is 13.0 Å². The third-order valence-corrected chi connectivity index (χ3v) is 1.35. The largest absolute Gasteiger partial charge is 0.441 e. The zero-order valence-corrected chi connectivity index (χ0v) is 6.29. The van der Waals surface area contributed by atoms with Crippen LogP contribution in [0.2, 0.25) is 0 Å². The fourth-order valence-corrected chi connectivity index (χ4v) is 0.795. The average molecular weight is 142 g/mol. The molecule has 0 saturated carbocycles. The predicted molar refractivity (Wildman–Crippen MR) is 35.8 cm³/mol. The summed E-state index contributed by atoms with van der Waals surface area (Å²) in [6.45, 7) is 3.91. The molecule has 0 aromatic carbocycles. The van der Waals surface area contributed by atoms with Gasteiger partial charge in [0.1, 0.15) is 0 Å². The summed E-state index contributed by atoms with van der Waals surface area (Å²) in [5, 5.41) is 3.59. The van der Waals surface area contributed by atoms with E-state index < -0.39 is 5.76 Å². The van der Waals surface area contributed by atoms with Gasteiger partial charge in [0.15, 0.2) is 5.82 Å². The van der Waals surface area contributed by atoms with E-state index in [9.17, 15) is 4.79 Å². The smallest absolute Gasteiger partial charge is 0.296 e. The highest BCUT2D eigenvalue weighted by atomic mass is 16.5. The summed E-state index contributed by atoms with van der Waals surface area (Å²) in [4.78, 5) is 10.7. The average Bonchev–Trinajstić information content (AvgIpc) is 2.14. The second kappa shape index (κ2) is 2.28. The standard InChI is InChI=1S/C6H10N2O2/c1-4(2)5-7-10-6(9)8(5)3/h4H,1-3H3. The second-order valence-corrected chi connectivity index (χ2v) is 2.52. The van der Waals surface area contributed by atoms with E-state index in [1.165, 1.54) is 4.57 Å². The van der Waals surface area contributed by atoms with Crippen molar-refractivity contribution in [2.24, 2.45) is 7.05 Å². The maximum atomic E-state index is 10.7. The molecule has 0 atom stereocenters. The summed E-state index contributed by atoms with van der Waals surface area (Å²) in [7, 11) is 1.65. The molecule has 0 spiro atoms. The van der Waals surface area contributed by atoms with E-state index in [1.54, 1.807) is 7.05 Å². The Morgan fingerprint density at radius 3 is 2.40 bits per heavy atom. The Balaban J connectivity index is 3.18. The van der Waals surface area contributed by atoms with Gasteiger partial charge in [-0.1, -0.05) is 19.0 Å². The molecular weight excluding hydrogens is 132 g/mol. The van der Waals surface area contributed by atoms with Crippen LogP contribution in [-0.2, 0) is 7.05 Å². The number of aromatic nitrogens is 2. The van der Waals surface area contributed by atoms with Gasteiger partial charge in [0.05, 0.1) is 0 Å². The molecule has 0 aliphatic heterocycles. The van der Waals surface area contributed by atoms with Crippen molar-refractivity contribution in [1.82, 2.24) is 9.72 Å². The van der Waals surface area contributed by atoms with Crippen molar-refractivity contribution in [2.45, 2.75) is 19.8 Å². The van der Waals surface area contributed by atoms with Crippen LogP contribution in [0.15, 0.2) is 9.32 Å². The normalized spacial score (nSPS) is 10.8. The first-order chi connectivity index (χ1) is 4.63. The van der Waals surface area contributed by atoms with Gasteiger partial charge in [-0.05, 0) is 0 Å². The van der Waals surface area contributed by atoms with Crippen LogP contribution in [-0.4, -0.2) is 9.72 Å². The first-order valence-corrected chi connectivity index (χ1v) is 3.15. The van der Waals surface area contributed by atoms with Crippen molar-refractivity contribution in [3.63, 3.8) is 0 Å². The van der Waals surface area contributed by atoms with E-state index in [-0.39, 0.29) is 5.92 Å². The number of hydrogen-bond acceptors (Lipinski definition) is 3. The van der Waals surface area contributed by atoms with E-state index >= 15 is 0 Å². The van der Waals surface area contributed by atoms with Gasteiger partial charge >= 0.3 is 5.76 Å². The van der Waals surface area contributed by atoms with Gasteiger partial charge in [0.2, 0.25) is 0 Å². The zero-order chi connectivity index (χ0) is 7.72. The van der Waals surface area contributed by atoms with Crippen LogP contribution >= 0.6 is 0 Å². The highest BCUT2D eigenvalue weighted by Gasteiger charge is 2.08. The molecule has 10 heavy (non-hydrogen) atoms. The van der Waals surface area contributed by atoms with Gasteiger partial charge < -0.3 is 0 Å². The van der Waals surface area contributed by atoms with Crippen molar-refractivity contribution < 1.29 is 4.52 Å². The lowest BCUT2D eigenvalue weighted by Crippen LogP contribution is -2.12. The SMILES string of the molecule is CC(C)c1noc(=O)n1C. The summed E-state index contributed by atoms with van der Waals surface area (Å²) in [5.41, 5.74) is 0. The van der Waals surface area contributed by atoms with E-state index in [2.05, 4.69) is 9.68 Å². The lowest BCUT2D eigenvalue weighted by atomic mass is 10.2. The molecule has 0 N–H and O–H groups in total. The maximum absolute atomic E-state index is 10.7. The molecule has 0 aliphatic rings. The summed E-state index contributed by atoms with van der Waals surface area (Å²) >= 11 is 0. The maximum Gasteiger partial charge on any atom is 0.441 e. The van der Waals surface area contributed by atoms with Crippen LogP contribution in [0.3, 0.4) is 0 Å². The molecule has 0 fully saturated rings. The van der Waals surface area contributed by atoms with Gasteiger partial charge in [-0.25, -0.2) is 4.79 Å². The van der Waals surface area contributed by atoms with Crippen LogP contribution in [0.5, 0.6) is 0 Å². The minimum atomic E-state index is -0.399. The van der Waals surface area contributed by atoms with E-state index in [1.807, 2.05) is 13.8 Å². The second-order valence-electron chi connectivity index (χ2n) is 2.52. The third-order valence-electron chi connectivity index (χ3n) is 1.35. The molecule has 0 amide bonds. The molecule has 1 aromatic rings. The number of nitrogens with zero attached hydrogens (tertiary/aromatic N) is 2. The van der Waals surface area contributed by atoms with Crippen LogP contribution in [0.1, 0.15) is 25.6 Å². The minimum Gasteiger partial charge on any atom is -0.296 e. The van der Waals surface area contributed by atoms with Crippen molar-refractivity contribution in [1.29, 1.82) is 0 Å². The lowest BCUT2D eigenvalue weighted by Gasteiger charge is -1.98. The zero-order valence-electron chi connectivity index (χ0n) is 6.29. The van der Waals surface area contributed by atoms with Crippen molar-refractivity contribution in [3.05, 3.63) is 16.4 Å². The molecule has 1 aromatic heterocycles. The molecule has 0 saturated heterocycles. The highest BCUT2D eigenvalue weighted by Crippen LogP contribution is 2.06. The van der Waals surface area contributed by atoms with Crippen molar-refractivity contribution in [2.75, 3.05) is 0 Å². The van der Waals surface area contributed by atoms with E-state index in [0.717, 1.165) is 0 Å². The Kier molecular flexibility index (Phi) is 1.61. The quantitative estimate of drug-likeness (QED) is 0.573. The van der Waals surface area contributed by atoms with E-state index in [0.29, 0.717) is 5.82 Å². The summed E-state index contributed by atoms with van der Waals surface area (Å²) in [6, 6.07) is 0. The minimum absolute atomic E-state index is 0.233. The molecule has 1 rings (SSSR count). The third kappa shape index (κ3) is 0.964. The Morgan fingerprint density at radius 2 is 2.20 bits per heavy atom. The lowest BCUT2D eigenvalue weighted by molar-refractivity contribution is 0.375. The van der Waals surface area contributed by atoms with Gasteiger partial charge in [-0.2, -0.15) is 0 Å². The molecule has 0 bridgehead atoms. The van der Waals surface area contributed by atoms with Crippen LogP contribution in [0.4, 0.5) is 0 Å². The fraction of sp³-hybridized carbons (Fsp3) is 0.667. The van der Waals surface area contributed by atoms with Crippen molar-refractivity contribution in [3.8, 4) is 0 Å². The summed E-state index contributed by atoms with van der Waals surface area (Å²) in [5.74, 6) is 0.519. The van der Waals surface area contributed by atoms with Crippen LogP contribution in [0.25, 0.3) is 0 Å². The Hall–Kier alpha value is -1.06. The molecule has 0 unspecified atom stereocenters. The Labute approximate surface area is 58.4 Å². The van der Waals surface area contributed by atoms with E-state index in [4.69, 9.17) is 0 Å². The molecule has 4 nitrogen and oxygen atoms in total. The highest BCUT2D eigenvalue weighted by molar-refractivity contribution is 4.88. The van der Waals surface area contributed by atoms with Gasteiger partial charge in [0.25, 0.3) is 0 Å². The summed E-state index contributed by atoms with van der Waals surface area (Å²) in [6.07, 6.45) is 0. The van der Waals surface area contributed by atoms with Crippen molar-refractivity contribution >= 4 is 0 Å².